The number of rotatable bonds is 7. The van der Waals surface area contributed by atoms with Gasteiger partial charge in [-0.1, -0.05) is 12.1 Å². The van der Waals surface area contributed by atoms with Gasteiger partial charge in [0.2, 0.25) is 17.6 Å². The third-order valence-electron chi connectivity index (χ3n) is 5.02. The van der Waals surface area contributed by atoms with Crippen LogP contribution in [0.15, 0.2) is 67.0 Å². The summed E-state index contributed by atoms with van der Waals surface area (Å²) in [6.07, 6.45) is 2.88. The Morgan fingerprint density at radius 1 is 1.06 bits per heavy atom. The number of nitrogens with one attached hydrogen (secondary N) is 1. The number of aromatic nitrogens is 3. The molecule has 8 nitrogen and oxygen atoms in total. The zero-order valence-corrected chi connectivity index (χ0v) is 19.1. The van der Waals surface area contributed by atoms with Gasteiger partial charge in [0.1, 0.15) is 11.0 Å². The summed E-state index contributed by atoms with van der Waals surface area (Å²) in [5.41, 5.74) is 7.27. The molecule has 0 saturated heterocycles. The molecule has 176 valence electrons. The minimum Gasteiger partial charge on any atom is -0.435 e. The van der Waals surface area contributed by atoms with E-state index >= 15 is 0 Å². The molecule has 2 unspecified atom stereocenters. The Balaban J connectivity index is 1.55. The normalized spacial score (nSPS) is 12.4. The van der Waals surface area contributed by atoms with Crippen LogP contribution >= 0.6 is 0 Å². The Labute approximate surface area is 202 Å². The molecule has 4 aromatic rings. The Bertz CT molecular complexity index is 1440. The van der Waals surface area contributed by atoms with E-state index in [9.17, 15) is 13.0 Å². The molecule has 3 N–H and O–H groups in total. The third-order valence-corrected chi connectivity index (χ3v) is 6.35. The van der Waals surface area contributed by atoms with E-state index in [0.717, 1.165) is 0 Å². The maximum absolute atomic E-state index is 14.9. The lowest BCUT2D eigenvalue weighted by Crippen LogP contribution is -2.13. The van der Waals surface area contributed by atoms with Gasteiger partial charge in [0.15, 0.2) is 11.6 Å². The standard InChI is InChI=1S/C24H18F2N6O2S/c1-14(16-6-4-15(13-27)5-7-16)35(33)32-19-8-9-20(22(26)21(19)25)34-23-17(3-2-11-29-23)18-10-12-30-24(28)31-18/h2-12,14,32H,1H3,(H2,28,30,31). The molecule has 2 atom stereocenters. The van der Waals surface area contributed by atoms with Crippen molar-refractivity contribution in [3.05, 3.63) is 89.8 Å². The average Bonchev–Trinajstić information content (AvgIpc) is 2.88. The largest absolute Gasteiger partial charge is 0.435 e. The van der Waals surface area contributed by atoms with Crippen molar-refractivity contribution in [2.24, 2.45) is 0 Å². The van der Waals surface area contributed by atoms with Gasteiger partial charge in [0, 0.05) is 12.4 Å². The number of pyridine rings is 1. The second-order valence-electron chi connectivity index (χ2n) is 7.27. The summed E-state index contributed by atoms with van der Waals surface area (Å²) >= 11 is 0. The highest BCUT2D eigenvalue weighted by molar-refractivity contribution is 7.86. The highest BCUT2D eigenvalue weighted by atomic mass is 32.2. The number of nitriles is 1. The number of nitrogens with two attached hydrogens (primary N) is 1. The van der Waals surface area contributed by atoms with E-state index in [4.69, 9.17) is 15.7 Å². The second kappa shape index (κ2) is 10.2. The number of ether oxygens (including phenoxy) is 1. The van der Waals surface area contributed by atoms with Crippen LogP contribution in [0, 0.1) is 23.0 Å². The Morgan fingerprint density at radius 3 is 2.54 bits per heavy atom. The van der Waals surface area contributed by atoms with Gasteiger partial charge in [0.05, 0.1) is 33.8 Å². The van der Waals surface area contributed by atoms with Gasteiger partial charge in [0.25, 0.3) is 0 Å². The van der Waals surface area contributed by atoms with E-state index in [-0.39, 0.29) is 17.5 Å². The Kier molecular flexibility index (Phi) is 6.93. The fourth-order valence-electron chi connectivity index (χ4n) is 3.13. The summed E-state index contributed by atoms with van der Waals surface area (Å²) in [7, 11) is -1.79. The van der Waals surface area contributed by atoms with Crippen molar-refractivity contribution in [2.45, 2.75) is 12.2 Å². The molecule has 0 saturated carbocycles. The molecule has 2 heterocycles. The zero-order chi connectivity index (χ0) is 24.9. The van der Waals surface area contributed by atoms with Gasteiger partial charge in [-0.05, 0) is 55.0 Å². The van der Waals surface area contributed by atoms with Gasteiger partial charge >= 0.3 is 0 Å². The smallest absolute Gasteiger partial charge is 0.228 e. The van der Waals surface area contributed by atoms with Crippen LogP contribution < -0.4 is 15.2 Å². The molecule has 35 heavy (non-hydrogen) atoms. The van der Waals surface area contributed by atoms with E-state index in [0.29, 0.717) is 22.4 Å². The average molecular weight is 493 g/mol. The lowest BCUT2D eigenvalue weighted by Gasteiger charge is -2.15. The van der Waals surface area contributed by atoms with Crippen LogP contribution in [0.2, 0.25) is 0 Å². The van der Waals surface area contributed by atoms with Crippen molar-refractivity contribution in [1.82, 2.24) is 15.0 Å². The van der Waals surface area contributed by atoms with Gasteiger partial charge in [-0.3, -0.25) is 0 Å². The fraction of sp³-hybridized carbons (Fsp3) is 0.0833. The van der Waals surface area contributed by atoms with E-state index in [1.54, 1.807) is 49.4 Å². The molecule has 0 aliphatic heterocycles. The van der Waals surface area contributed by atoms with Gasteiger partial charge in [-0.2, -0.15) is 9.65 Å². The Hall–Kier alpha value is -4.43. The summed E-state index contributed by atoms with van der Waals surface area (Å²) in [6.45, 7) is 1.67. The Morgan fingerprint density at radius 2 is 1.83 bits per heavy atom. The summed E-state index contributed by atoms with van der Waals surface area (Å²) in [5, 5.41) is 8.35. The van der Waals surface area contributed by atoms with Gasteiger partial charge in [-0.15, -0.1) is 0 Å². The molecule has 0 aliphatic carbocycles. The van der Waals surface area contributed by atoms with E-state index in [2.05, 4.69) is 19.7 Å². The molecule has 2 aromatic carbocycles. The molecular formula is C24H18F2N6O2S. The first kappa shape index (κ1) is 23.7. The predicted molar refractivity (Wildman–Crippen MR) is 127 cm³/mol. The number of hydrogen-bond donors (Lipinski definition) is 2. The van der Waals surface area contributed by atoms with Gasteiger partial charge in [-0.25, -0.2) is 23.6 Å². The second-order valence-corrected chi connectivity index (χ2v) is 8.78. The van der Waals surface area contributed by atoms with E-state index in [1.165, 1.54) is 24.5 Å². The van der Waals surface area contributed by atoms with Crippen LogP contribution in [0.4, 0.5) is 20.4 Å². The SMILES string of the molecule is CC(c1ccc(C#N)cc1)S(=O)Nc1ccc(Oc2ncccc2-c2ccnc(N)n2)c(F)c1F. The molecule has 4 rings (SSSR count). The topological polar surface area (TPSA) is 127 Å². The molecule has 0 spiro atoms. The van der Waals surface area contributed by atoms with Crippen molar-refractivity contribution in [3.63, 3.8) is 0 Å². The van der Waals surface area contributed by atoms with Crippen molar-refractivity contribution in [1.29, 1.82) is 5.26 Å². The van der Waals surface area contributed by atoms with E-state index in [1.807, 2.05) is 6.07 Å². The lowest BCUT2D eigenvalue weighted by atomic mass is 10.1. The number of benzene rings is 2. The van der Waals surface area contributed by atoms with Gasteiger partial charge < -0.3 is 15.2 Å². The summed E-state index contributed by atoms with van der Waals surface area (Å²) < 4.78 is 50.5. The molecule has 0 fully saturated rings. The van der Waals surface area contributed by atoms with Crippen molar-refractivity contribution < 1.29 is 17.7 Å². The van der Waals surface area contributed by atoms with Crippen LogP contribution in [0.3, 0.4) is 0 Å². The third kappa shape index (κ3) is 5.23. The van der Waals surface area contributed by atoms with Crippen molar-refractivity contribution in [3.8, 4) is 29.0 Å². The molecule has 0 radical (unpaired) electrons. The molecule has 11 heteroatoms. The van der Waals surface area contributed by atoms with Crippen LogP contribution in [0.5, 0.6) is 11.6 Å². The summed E-state index contributed by atoms with van der Waals surface area (Å²) in [4.78, 5) is 12.0. The maximum atomic E-state index is 14.9. The molecule has 2 aromatic heterocycles. The van der Waals surface area contributed by atoms with Crippen LogP contribution in [0.1, 0.15) is 23.3 Å². The van der Waals surface area contributed by atoms with E-state index < -0.39 is 33.6 Å². The predicted octanol–water partition coefficient (Wildman–Crippen LogP) is 4.90. The molecule has 0 amide bonds. The summed E-state index contributed by atoms with van der Waals surface area (Å²) in [5.74, 6) is -2.93. The lowest BCUT2D eigenvalue weighted by molar-refractivity contribution is 0.407. The quantitative estimate of drug-likeness (QED) is 0.376. The number of halogens is 2. The zero-order valence-electron chi connectivity index (χ0n) is 18.3. The molecular weight excluding hydrogens is 474 g/mol. The first-order chi connectivity index (χ1) is 16.9. The number of anilines is 2. The van der Waals surface area contributed by atoms with Crippen LogP contribution in [-0.2, 0) is 11.0 Å². The number of nitrogen functional groups attached to an aromatic ring is 1. The monoisotopic (exact) mass is 492 g/mol. The highest BCUT2D eigenvalue weighted by Crippen LogP contribution is 2.34. The summed E-state index contributed by atoms with van der Waals surface area (Å²) in [6, 6.07) is 15.8. The molecule has 0 aliphatic rings. The maximum Gasteiger partial charge on any atom is 0.228 e. The number of hydrogen-bond acceptors (Lipinski definition) is 7. The first-order valence-electron chi connectivity index (χ1n) is 10.2. The first-order valence-corrected chi connectivity index (χ1v) is 11.5. The van der Waals surface area contributed by atoms with Crippen molar-refractivity contribution in [2.75, 3.05) is 10.5 Å². The molecule has 0 bridgehead atoms. The van der Waals surface area contributed by atoms with Crippen molar-refractivity contribution >= 4 is 22.6 Å². The van der Waals surface area contributed by atoms with Crippen LogP contribution in [-0.4, -0.2) is 19.2 Å². The number of nitrogens with zero attached hydrogens (tertiary/aromatic N) is 4. The minimum atomic E-state index is -1.79. The van der Waals surface area contributed by atoms with Crippen LogP contribution in [0.25, 0.3) is 11.3 Å². The fourth-order valence-corrected chi connectivity index (χ4v) is 4.09. The highest BCUT2D eigenvalue weighted by Gasteiger charge is 2.21. The minimum absolute atomic E-state index is 0.0115.